The Morgan fingerprint density at radius 2 is 1.59 bits per heavy atom. The number of benzene rings is 2. The van der Waals surface area contributed by atoms with E-state index in [1.165, 1.54) is 0 Å². The summed E-state index contributed by atoms with van der Waals surface area (Å²) in [4.78, 5) is 46.1. The number of anilines is 3. The average Bonchev–Trinajstić information content (AvgIpc) is 3.58. The molecule has 3 fully saturated rings. The van der Waals surface area contributed by atoms with Crippen molar-refractivity contribution in [2.75, 3.05) is 48.4 Å². The SMILES string of the molecule is CCOc1ccc(NC(=O)[C@@H]2[C@H]3C(=O)N(CCCCCO)C(C(=O)Nc4ccc(N(CC)CC)cc4)C34CC[C@@]2(C)O4)cc1. The minimum Gasteiger partial charge on any atom is -0.494 e. The molecule has 0 radical (unpaired) electrons. The number of unbranched alkanes of at least 4 members (excludes halogenated alkanes) is 2. The van der Waals surface area contributed by atoms with Gasteiger partial charge in [0.25, 0.3) is 0 Å². The summed E-state index contributed by atoms with van der Waals surface area (Å²) in [6.45, 7) is 10.7. The maximum Gasteiger partial charge on any atom is 0.250 e. The van der Waals surface area contributed by atoms with E-state index in [0.29, 0.717) is 56.0 Å². The van der Waals surface area contributed by atoms with Gasteiger partial charge in [-0.05, 0) is 108 Å². The number of likely N-dealkylation sites (tertiary alicyclic amines) is 1. The number of fused-ring (bicyclic) bond motifs is 1. The lowest BCUT2D eigenvalue weighted by Crippen LogP contribution is -2.53. The van der Waals surface area contributed by atoms with Crippen LogP contribution in [-0.2, 0) is 19.1 Å². The molecule has 2 aromatic rings. The number of carbonyl (C=O) groups excluding carboxylic acids is 3. The second-order valence-corrected chi connectivity index (χ2v) is 12.2. The number of ether oxygens (including phenoxy) is 2. The van der Waals surface area contributed by atoms with Crippen molar-refractivity contribution in [2.24, 2.45) is 11.8 Å². The second kappa shape index (κ2) is 13.2. The van der Waals surface area contributed by atoms with Gasteiger partial charge in [0.15, 0.2) is 0 Å². The van der Waals surface area contributed by atoms with E-state index >= 15 is 0 Å². The Morgan fingerprint density at radius 1 is 0.955 bits per heavy atom. The molecule has 3 amide bonds. The summed E-state index contributed by atoms with van der Waals surface area (Å²) in [5, 5.41) is 15.3. The molecule has 3 saturated heterocycles. The summed E-state index contributed by atoms with van der Waals surface area (Å²) in [5.74, 6) is -1.63. The molecule has 0 aliphatic carbocycles. The zero-order chi connectivity index (χ0) is 31.5. The van der Waals surface area contributed by atoms with Crippen LogP contribution in [0, 0.1) is 11.8 Å². The molecule has 238 valence electrons. The fraction of sp³-hybridized carbons (Fsp3) is 0.559. The highest BCUT2D eigenvalue weighted by Crippen LogP contribution is 2.63. The lowest BCUT2D eigenvalue weighted by Gasteiger charge is -2.33. The molecule has 2 bridgehead atoms. The maximum absolute atomic E-state index is 14.2. The summed E-state index contributed by atoms with van der Waals surface area (Å²) in [7, 11) is 0. The van der Waals surface area contributed by atoms with Gasteiger partial charge in [-0.3, -0.25) is 14.4 Å². The van der Waals surface area contributed by atoms with Crippen LogP contribution < -0.4 is 20.3 Å². The molecule has 3 heterocycles. The maximum atomic E-state index is 14.2. The highest BCUT2D eigenvalue weighted by Gasteiger charge is 2.77. The van der Waals surface area contributed by atoms with E-state index in [2.05, 4.69) is 29.4 Å². The number of amides is 3. The Bertz CT molecular complexity index is 1330. The van der Waals surface area contributed by atoms with Gasteiger partial charge in [0.2, 0.25) is 17.7 Å². The van der Waals surface area contributed by atoms with Crippen molar-refractivity contribution < 1.29 is 29.0 Å². The quantitative estimate of drug-likeness (QED) is 0.272. The van der Waals surface area contributed by atoms with Crippen molar-refractivity contribution in [1.29, 1.82) is 0 Å². The van der Waals surface area contributed by atoms with Crippen molar-refractivity contribution in [3.8, 4) is 5.75 Å². The average molecular weight is 607 g/mol. The normalized spacial score (nSPS) is 26.9. The fourth-order valence-electron chi connectivity index (χ4n) is 7.51. The van der Waals surface area contributed by atoms with Crippen LogP contribution in [0.4, 0.5) is 17.1 Å². The molecule has 2 aromatic carbocycles. The van der Waals surface area contributed by atoms with Gasteiger partial charge in [0, 0.05) is 43.3 Å². The first-order valence-electron chi connectivity index (χ1n) is 16.0. The van der Waals surface area contributed by atoms with Crippen LogP contribution in [0.2, 0.25) is 0 Å². The van der Waals surface area contributed by atoms with Crippen LogP contribution in [0.3, 0.4) is 0 Å². The van der Waals surface area contributed by atoms with Crippen molar-refractivity contribution >= 4 is 34.8 Å². The number of rotatable bonds is 14. The molecular formula is C34H46N4O6. The Labute approximate surface area is 260 Å². The van der Waals surface area contributed by atoms with Crippen LogP contribution in [-0.4, -0.2) is 77.8 Å². The van der Waals surface area contributed by atoms with E-state index in [4.69, 9.17) is 9.47 Å². The minimum atomic E-state index is -1.10. The van der Waals surface area contributed by atoms with E-state index in [9.17, 15) is 19.5 Å². The number of aliphatic hydroxyl groups excluding tert-OH is 1. The van der Waals surface area contributed by atoms with Gasteiger partial charge in [-0.2, -0.15) is 0 Å². The number of hydrogen-bond acceptors (Lipinski definition) is 7. The molecule has 10 heteroatoms. The Morgan fingerprint density at radius 3 is 2.20 bits per heavy atom. The summed E-state index contributed by atoms with van der Waals surface area (Å²) >= 11 is 0. The number of hydrogen-bond donors (Lipinski definition) is 3. The van der Waals surface area contributed by atoms with Crippen LogP contribution in [0.5, 0.6) is 5.75 Å². The van der Waals surface area contributed by atoms with Gasteiger partial charge in [-0.1, -0.05) is 0 Å². The number of aliphatic hydroxyl groups is 1. The lowest BCUT2D eigenvalue weighted by atomic mass is 9.66. The van der Waals surface area contributed by atoms with Gasteiger partial charge in [0.1, 0.15) is 17.4 Å². The molecule has 0 saturated carbocycles. The highest BCUT2D eigenvalue weighted by atomic mass is 16.5. The predicted molar refractivity (Wildman–Crippen MR) is 170 cm³/mol. The van der Waals surface area contributed by atoms with E-state index in [1.807, 2.05) is 38.1 Å². The predicted octanol–water partition coefficient (Wildman–Crippen LogP) is 4.44. The first-order chi connectivity index (χ1) is 21.2. The molecule has 3 N–H and O–H groups in total. The van der Waals surface area contributed by atoms with E-state index < -0.39 is 29.1 Å². The molecule has 0 aromatic heterocycles. The van der Waals surface area contributed by atoms with Gasteiger partial charge in [0.05, 0.1) is 24.0 Å². The van der Waals surface area contributed by atoms with Crippen molar-refractivity contribution in [3.63, 3.8) is 0 Å². The first kappa shape index (κ1) is 31.8. The van der Waals surface area contributed by atoms with Crippen LogP contribution in [0.1, 0.15) is 59.8 Å². The lowest BCUT2D eigenvalue weighted by molar-refractivity contribution is -0.143. The number of nitrogens with one attached hydrogen (secondary N) is 2. The van der Waals surface area contributed by atoms with E-state index in [0.717, 1.165) is 25.2 Å². The standard InChI is InChI=1S/C34H46N4O6/c1-5-37(6-2)25-15-11-23(12-16-25)36-31(41)29-34-20-19-33(4,44-34)27(28(34)32(42)38(29)21-9-8-10-22-39)30(40)35-24-13-17-26(18-14-24)43-7-3/h11-18,27-29,39H,5-10,19-22H2,1-4H3,(H,35,40)(H,36,41)/t27-,28-,29?,33+,34?/m0/s1. The zero-order valence-corrected chi connectivity index (χ0v) is 26.3. The second-order valence-electron chi connectivity index (χ2n) is 12.2. The molecule has 2 unspecified atom stereocenters. The number of carbonyl (C=O) groups is 3. The topological polar surface area (TPSA) is 120 Å². The Balaban J connectivity index is 1.41. The number of nitrogens with zero attached hydrogens (tertiary/aromatic N) is 2. The smallest absolute Gasteiger partial charge is 0.250 e. The third-order valence-corrected chi connectivity index (χ3v) is 9.56. The monoisotopic (exact) mass is 606 g/mol. The summed E-state index contributed by atoms with van der Waals surface area (Å²) in [5.41, 5.74) is 0.340. The molecule has 3 aliphatic rings. The van der Waals surface area contributed by atoms with Gasteiger partial charge >= 0.3 is 0 Å². The zero-order valence-electron chi connectivity index (χ0n) is 26.3. The van der Waals surface area contributed by atoms with Crippen molar-refractivity contribution in [2.45, 2.75) is 77.0 Å². The minimum absolute atomic E-state index is 0.0726. The third-order valence-electron chi connectivity index (χ3n) is 9.56. The largest absolute Gasteiger partial charge is 0.494 e. The van der Waals surface area contributed by atoms with E-state index in [1.54, 1.807) is 29.2 Å². The Hall–Kier alpha value is -3.63. The molecule has 1 spiro atoms. The van der Waals surface area contributed by atoms with Crippen LogP contribution in [0.25, 0.3) is 0 Å². The molecule has 44 heavy (non-hydrogen) atoms. The van der Waals surface area contributed by atoms with Crippen molar-refractivity contribution in [3.05, 3.63) is 48.5 Å². The third kappa shape index (κ3) is 5.77. The van der Waals surface area contributed by atoms with Gasteiger partial charge < -0.3 is 35.0 Å². The summed E-state index contributed by atoms with van der Waals surface area (Å²) in [6, 6.07) is 14.0. The Kier molecular flexibility index (Phi) is 9.51. The van der Waals surface area contributed by atoms with Crippen LogP contribution in [0.15, 0.2) is 48.5 Å². The molecule has 5 atom stereocenters. The fourth-order valence-corrected chi connectivity index (χ4v) is 7.51. The molecule has 3 aliphatic heterocycles. The highest BCUT2D eigenvalue weighted by molar-refractivity contribution is 6.05. The first-order valence-corrected chi connectivity index (χ1v) is 16.0. The molecule has 5 rings (SSSR count). The van der Waals surface area contributed by atoms with Gasteiger partial charge in [-0.15, -0.1) is 0 Å². The van der Waals surface area contributed by atoms with Gasteiger partial charge in [-0.25, -0.2) is 0 Å². The van der Waals surface area contributed by atoms with Crippen LogP contribution >= 0.6 is 0 Å². The van der Waals surface area contributed by atoms with Crippen molar-refractivity contribution in [1.82, 2.24) is 4.90 Å². The summed E-state index contributed by atoms with van der Waals surface area (Å²) < 4.78 is 12.2. The van der Waals surface area contributed by atoms with E-state index in [-0.39, 0.29) is 24.3 Å². The molecular weight excluding hydrogens is 560 g/mol. The summed E-state index contributed by atoms with van der Waals surface area (Å²) in [6.07, 6.45) is 3.06. The molecule has 10 nitrogen and oxygen atoms in total.